The first-order chi connectivity index (χ1) is 13.2. The van der Waals surface area contributed by atoms with E-state index in [9.17, 15) is 9.90 Å². The average molecular weight is 378 g/mol. The van der Waals surface area contributed by atoms with E-state index in [1.54, 1.807) is 0 Å². The maximum Gasteiger partial charge on any atom is 0.335 e. The highest BCUT2D eigenvalue weighted by molar-refractivity contribution is 5.78. The van der Waals surface area contributed by atoms with Crippen LogP contribution in [0.2, 0.25) is 0 Å². The maximum absolute atomic E-state index is 11.2. The first-order valence-electron chi connectivity index (χ1n) is 10.2. The number of nitrogens with zero attached hydrogens (tertiary/aromatic N) is 1. The average Bonchev–Trinajstić information content (AvgIpc) is 3.17. The lowest BCUT2D eigenvalue weighted by Crippen LogP contribution is -2.89. The zero-order chi connectivity index (χ0) is 19.0. The van der Waals surface area contributed by atoms with E-state index >= 15 is 0 Å². The predicted molar refractivity (Wildman–Crippen MR) is 100 cm³/mol. The molecule has 3 rings (SSSR count). The Balaban J connectivity index is 1.19. The molecule has 1 aromatic heterocycles. The highest BCUT2D eigenvalue weighted by Crippen LogP contribution is 2.36. The molecule has 0 spiro atoms. The monoisotopic (exact) mass is 378 g/mol. The molecule has 2 aliphatic rings. The molecule has 2 fully saturated rings. The highest BCUT2D eigenvalue weighted by Gasteiger charge is 2.45. The van der Waals surface area contributed by atoms with Gasteiger partial charge in [0, 0.05) is 13.0 Å². The van der Waals surface area contributed by atoms with Crippen molar-refractivity contribution in [2.24, 2.45) is 0 Å². The standard InChI is InChI=1S/C20H31N3O4/c24-19(25)20(10-6-11-20)27-14-5-3-1-2-4-13-26-16-7-8-17(21-15-16)18-9-12-22-23-18/h7-8,15,18,22-23H,1-6,9-14H2,(H,24,25)/p+1. The molecule has 4 N–H and O–H groups in total. The van der Waals surface area contributed by atoms with Gasteiger partial charge in [0.05, 0.1) is 25.0 Å². The second-order valence-corrected chi connectivity index (χ2v) is 7.54. The van der Waals surface area contributed by atoms with Gasteiger partial charge < -0.3 is 14.6 Å². The van der Waals surface area contributed by atoms with E-state index in [4.69, 9.17) is 9.47 Å². The second kappa shape index (κ2) is 10.0. The predicted octanol–water partition coefficient (Wildman–Crippen LogP) is 1.95. The lowest BCUT2D eigenvalue weighted by Gasteiger charge is -2.37. The molecule has 1 unspecified atom stereocenters. The van der Waals surface area contributed by atoms with Crippen LogP contribution < -0.4 is 15.6 Å². The molecule has 1 aromatic rings. The number of carboxylic acid groups (broad SMARTS) is 1. The Kier molecular flexibility index (Phi) is 7.43. The zero-order valence-corrected chi connectivity index (χ0v) is 16.0. The number of unbranched alkanes of at least 4 members (excludes halogenated alkanes) is 4. The second-order valence-electron chi connectivity index (χ2n) is 7.54. The molecule has 1 atom stereocenters. The number of hydrogen-bond acceptors (Lipinski definition) is 5. The van der Waals surface area contributed by atoms with Crippen LogP contribution in [-0.2, 0) is 9.53 Å². The van der Waals surface area contributed by atoms with Crippen LogP contribution in [0.15, 0.2) is 18.3 Å². The van der Waals surface area contributed by atoms with E-state index in [0.717, 1.165) is 62.9 Å². The summed E-state index contributed by atoms with van der Waals surface area (Å²) in [4.78, 5) is 15.7. The van der Waals surface area contributed by atoms with Crippen molar-refractivity contribution in [2.45, 2.75) is 69.4 Å². The number of aliphatic carboxylic acids is 1. The van der Waals surface area contributed by atoms with Gasteiger partial charge in [0.2, 0.25) is 0 Å². The smallest absolute Gasteiger partial charge is 0.335 e. The zero-order valence-electron chi connectivity index (χ0n) is 16.0. The Morgan fingerprint density at radius 3 is 2.59 bits per heavy atom. The number of ether oxygens (including phenoxy) is 2. The van der Waals surface area contributed by atoms with Crippen molar-refractivity contribution in [2.75, 3.05) is 19.8 Å². The van der Waals surface area contributed by atoms with Crippen molar-refractivity contribution >= 4 is 5.97 Å². The Hall–Kier alpha value is -1.70. The number of hydrogen-bond donors (Lipinski definition) is 3. The summed E-state index contributed by atoms with van der Waals surface area (Å²) in [6.45, 7) is 2.35. The van der Waals surface area contributed by atoms with Gasteiger partial charge in [-0.1, -0.05) is 19.3 Å². The van der Waals surface area contributed by atoms with Gasteiger partial charge in [-0.15, -0.1) is 0 Å². The van der Waals surface area contributed by atoms with Crippen molar-refractivity contribution in [3.05, 3.63) is 24.0 Å². The first-order valence-corrected chi connectivity index (χ1v) is 10.2. The van der Waals surface area contributed by atoms with Crippen LogP contribution in [0.4, 0.5) is 0 Å². The number of nitrogens with one attached hydrogen (secondary N) is 1. The number of carboxylic acids is 1. The number of quaternary nitrogens is 1. The van der Waals surface area contributed by atoms with E-state index in [-0.39, 0.29) is 0 Å². The number of pyridine rings is 1. The number of rotatable bonds is 12. The van der Waals surface area contributed by atoms with Crippen LogP contribution in [0.1, 0.15) is 69.5 Å². The summed E-state index contributed by atoms with van der Waals surface area (Å²) in [5, 5.41) is 9.20. The van der Waals surface area contributed by atoms with Gasteiger partial charge >= 0.3 is 5.97 Å². The lowest BCUT2D eigenvalue weighted by molar-refractivity contribution is -0.694. The summed E-state index contributed by atoms with van der Waals surface area (Å²) in [6, 6.07) is 4.38. The Morgan fingerprint density at radius 2 is 2.00 bits per heavy atom. The van der Waals surface area contributed by atoms with Crippen LogP contribution >= 0.6 is 0 Å². The molecule has 0 amide bonds. The van der Waals surface area contributed by atoms with E-state index in [1.165, 1.54) is 0 Å². The minimum absolute atomic E-state index is 0.345. The molecule has 0 aromatic carbocycles. The summed E-state index contributed by atoms with van der Waals surface area (Å²) in [5.41, 5.74) is 5.63. The van der Waals surface area contributed by atoms with Crippen LogP contribution in [-0.4, -0.2) is 41.4 Å². The van der Waals surface area contributed by atoms with Gasteiger partial charge in [0.1, 0.15) is 11.8 Å². The van der Waals surface area contributed by atoms with Gasteiger partial charge in [-0.05, 0) is 44.2 Å². The van der Waals surface area contributed by atoms with Crippen molar-refractivity contribution < 1.29 is 24.8 Å². The molecule has 0 bridgehead atoms. The quantitative estimate of drug-likeness (QED) is 0.380. The number of nitrogens with two attached hydrogens (primary N) is 1. The summed E-state index contributed by atoms with van der Waals surface area (Å²) >= 11 is 0. The van der Waals surface area contributed by atoms with Gasteiger partial charge in [-0.3, -0.25) is 10.4 Å². The highest BCUT2D eigenvalue weighted by atomic mass is 16.5. The SMILES string of the molecule is O=C(O)C1(OCCCCCCCOc2ccc(C3CC[NH2+]N3)nc2)CCC1. The molecule has 27 heavy (non-hydrogen) atoms. The van der Waals surface area contributed by atoms with E-state index < -0.39 is 11.6 Å². The van der Waals surface area contributed by atoms with Gasteiger partial charge in [0.15, 0.2) is 5.60 Å². The molecule has 1 saturated heterocycles. The third kappa shape index (κ3) is 5.64. The first kappa shape index (κ1) is 20.0. The van der Waals surface area contributed by atoms with E-state index in [0.29, 0.717) is 32.1 Å². The normalized spacial score (nSPS) is 21.0. The third-order valence-corrected chi connectivity index (χ3v) is 5.52. The summed E-state index contributed by atoms with van der Waals surface area (Å²) in [7, 11) is 0. The summed E-state index contributed by atoms with van der Waals surface area (Å²) in [5.74, 6) is 0.0276. The lowest BCUT2D eigenvalue weighted by atomic mass is 9.80. The minimum Gasteiger partial charge on any atom is -0.492 e. The molecule has 1 aliphatic carbocycles. The van der Waals surface area contributed by atoms with Gasteiger partial charge in [0.25, 0.3) is 0 Å². The Bertz CT molecular complexity index is 583. The van der Waals surface area contributed by atoms with E-state index in [1.807, 2.05) is 18.3 Å². The third-order valence-electron chi connectivity index (χ3n) is 5.52. The van der Waals surface area contributed by atoms with E-state index in [2.05, 4.69) is 15.8 Å². The van der Waals surface area contributed by atoms with Crippen LogP contribution in [0.5, 0.6) is 5.75 Å². The number of aromatic nitrogens is 1. The fourth-order valence-corrected chi connectivity index (χ4v) is 3.59. The van der Waals surface area contributed by atoms with Crippen molar-refractivity contribution in [1.29, 1.82) is 0 Å². The minimum atomic E-state index is -0.872. The van der Waals surface area contributed by atoms with Crippen molar-refractivity contribution in [3.63, 3.8) is 0 Å². The summed E-state index contributed by atoms with van der Waals surface area (Å²) in [6.07, 6.45) is 10.4. The fraction of sp³-hybridized carbons (Fsp3) is 0.700. The fourth-order valence-electron chi connectivity index (χ4n) is 3.59. The number of carbonyl (C=O) groups is 1. The van der Waals surface area contributed by atoms with Gasteiger partial charge in [-0.2, -0.15) is 5.43 Å². The van der Waals surface area contributed by atoms with Crippen LogP contribution in [0.25, 0.3) is 0 Å². The van der Waals surface area contributed by atoms with Gasteiger partial charge in [-0.25, -0.2) is 4.79 Å². The molecule has 1 aliphatic heterocycles. The molecule has 7 heteroatoms. The molecule has 7 nitrogen and oxygen atoms in total. The maximum atomic E-state index is 11.2. The van der Waals surface area contributed by atoms with Crippen molar-refractivity contribution in [1.82, 2.24) is 10.4 Å². The Labute approximate surface area is 160 Å². The largest absolute Gasteiger partial charge is 0.492 e. The van der Waals surface area contributed by atoms with Crippen molar-refractivity contribution in [3.8, 4) is 5.75 Å². The van der Waals surface area contributed by atoms with Crippen LogP contribution in [0, 0.1) is 0 Å². The topological polar surface area (TPSA) is 97.3 Å². The van der Waals surface area contributed by atoms with Crippen LogP contribution in [0.3, 0.4) is 0 Å². The summed E-state index contributed by atoms with van der Waals surface area (Å²) < 4.78 is 11.4. The molecular weight excluding hydrogens is 346 g/mol. The Morgan fingerprint density at radius 1 is 1.22 bits per heavy atom. The molecular formula is C20H32N3O4+. The molecule has 150 valence electrons. The molecule has 0 radical (unpaired) electrons. The molecule has 2 heterocycles. The molecule has 1 saturated carbocycles.